The first-order valence-electron chi connectivity index (χ1n) is 7.22. The SMILES string of the molecule is CC(C)=C/C=C\c1ccc2c(c1)C(=O)c1ccccc1C2=O. The van der Waals surface area contributed by atoms with Crippen molar-refractivity contribution in [2.45, 2.75) is 13.8 Å². The molecule has 2 nitrogen and oxygen atoms in total. The number of hydrogen-bond donors (Lipinski definition) is 0. The summed E-state index contributed by atoms with van der Waals surface area (Å²) >= 11 is 0. The number of hydrogen-bond acceptors (Lipinski definition) is 2. The molecule has 0 radical (unpaired) electrons. The Bertz CT molecular complexity index is 835. The van der Waals surface area contributed by atoms with E-state index in [9.17, 15) is 9.59 Å². The third kappa shape index (κ3) is 2.44. The topological polar surface area (TPSA) is 34.1 Å². The zero-order chi connectivity index (χ0) is 15.7. The minimum atomic E-state index is -0.0809. The van der Waals surface area contributed by atoms with Crippen molar-refractivity contribution in [3.8, 4) is 0 Å². The molecular weight excluding hydrogens is 272 g/mol. The Labute approximate surface area is 129 Å². The van der Waals surface area contributed by atoms with Gasteiger partial charge in [-0.3, -0.25) is 9.59 Å². The lowest BCUT2D eigenvalue weighted by Crippen LogP contribution is -2.20. The molecule has 2 aromatic rings. The van der Waals surface area contributed by atoms with E-state index in [4.69, 9.17) is 0 Å². The third-order valence-corrected chi connectivity index (χ3v) is 3.67. The summed E-state index contributed by atoms with van der Waals surface area (Å²) in [5.74, 6) is -0.160. The van der Waals surface area contributed by atoms with E-state index in [-0.39, 0.29) is 11.6 Å². The van der Waals surface area contributed by atoms with Crippen LogP contribution in [0.2, 0.25) is 0 Å². The zero-order valence-electron chi connectivity index (χ0n) is 12.6. The number of benzene rings is 2. The lowest BCUT2D eigenvalue weighted by atomic mass is 9.83. The fraction of sp³-hybridized carbons (Fsp3) is 0.100. The van der Waals surface area contributed by atoms with Gasteiger partial charge in [0.2, 0.25) is 0 Å². The molecule has 2 heteroatoms. The largest absolute Gasteiger partial charge is 0.289 e. The van der Waals surface area contributed by atoms with Crippen molar-refractivity contribution in [3.63, 3.8) is 0 Å². The highest BCUT2D eigenvalue weighted by Gasteiger charge is 2.28. The fourth-order valence-electron chi connectivity index (χ4n) is 2.57. The molecular formula is C20H16O2. The number of carbonyl (C=O) groups is 2. The molecule has 0 aliphatic heterocycles. The van der Waals surface area contributed by atoms with E-state index in [0.29, 0.717) is 22.3 Å². The van der Waals surface area contributed by atoms with Crippen LogP contribution in [0.25, 0.3) is 6.08 Å². The molecule has 0 N–H and O–H groups in total. The average molecular weight is 288 g/mol. The van der Waals surface area contributed by atoms with E-state index < -0.39 is 0 Å². The quantitative estimate of drug-likeness (QED) is 0.653. The number of ketones is 2. The molecule has 0 aromatic heterocycles. The molecule has 3 rings (SSSR count). The van der Waals surface area contributed by atoms with Gasteiger partial charge in [0.05, 0.1) is 0 Å². The predicted octanol–water partition coefficient (Wildman–Crippen LogP) is 4.44. The smallest absolute Gasteiger partial charge is 0.194 e. The van der Waals surface area contributed by atoms with Crippen molar-refractivity contribution >= 4 is 17.6 Å². The molecule has 0 spiro atoms. The van der Waals surface area contributed by atoms with Gasteiger partial charge < -0.3 is 0 Å². The minimum Gasteiger partial charge on any atom is -0.289 e. The van der Waals surface area contributed by atoms with Crippen LogP contribution in [0, 0.1) is 0 Å². The van der Waals surface area contributed by atoms with Gasteiger partial charge in [-0.2, -0.15) is 0 Å². The Kier molecular flexibility index (Phi) is 3.60. The molecule has 0 unspecified atom stereocenters. The summed E-state index contributed by atoms with van der Waals surface area (Å²) in [5.41, 5.74) is 4.08. The van der Waals surface area contributed by atoms with Gasteiger partial charge in [0.1, 0.15) is 0 Å². The van der Waals surface area contributed by atoms with Crippen LogP contribution < -0.4 is 0 Å². The van der Waals surface area contributed by atoms with Gasteiger partial charge in [0, 0.05) is 22.3 Å². The first kappa shape index (κ1) is 14.2. The van der Waals surface area contributed by atoms with E-state index >= 15 is 0 Å². The molecule has 0 atom stereocenters. The highest BCUT2D eigenvalue weighted by molar-refractivity contribution is 6.28. The van der Waals surface area contributed by atoms with E-state index in [2.05, 4.69) is 0 Å². The maximum atomic E-state index is 12.6. The van der Waals surface area contributed by atoms with Crippen LogP contribution in [-0.2, 0) is 0 Å². The Balaban J connectivity index is 2.06. The highest BCUT2D eigenvalue weighted by atomic mass is 16.1. The summed E-state index contributed by atoms with van der Waals surface area (Å²) in [4.78, 5) is 25.1. The van der Waals surface area contributed by atoms with E-state index in [1.807, 2.05) is 38.1 Å². The molecule has 0 bridgehead atoms. The Morgan fingerprint density at radius 1 is 0.818 bits per heavy atom. The van der Waals surface area contributed by atoms with Crippen LogP contribution >= 0.6 is 0 Å². The fourth-order valence-corrected chi connectivity index (χ4v) is 2.57. The molecule has 1 aliphatic rings. The van der Waals surface area contributed by atoms with Crippen molar-refractivity contribution in [1.29, 1.82) is 0 Å². The normalized spacial score (nSPS) is 13.0. The van der Waals surface area contributed by atoms with E-state index in [1.165, 1.54) is 5.57 Å². The second-order valence-corrected chi connectivity index (χ2v) is 5.61. The summed E-state index contributed by atoms with van der Waals surface area (Å²) in [7, 11) is 0. The van der Waals surface area contributed by atoms with Gasteiger partial charge in [-0.25, -0.2) is 0 Å². The molecule has 0 heterocycles. The van der Waals surface area contributed by atoms with Crippen LogP contribution in [0.1, 0.15) is 51.3 Å². The van der Waals surface area contributed by atoms with Crippen molar-refractivity contribution in [2.75, 3.05) is 0 Å². The lowest BCUT2D eigenvalue weighted by Gasteiger charge is -2.17. The molecule has 2 aromatic carbocycles. The van der Waals surface area contributed by atoms with Gasteiger partial charge in [-0.05, 0) is 31.5 Å². The van der Waals surface area contributed by atoms with Gasteiger partial charge in [0.15, 0.2) is 11.6 Å². The molecule has 0 saturated carbocycles. The molecule has 22 heavy (non-hydrogen) atoms. The van der Waals surface area contributed by atoms with Gasteiger partial charge >= 0.3 is 0 Å². The van der Waals surface area contributed by atoms with Gasteiger partial charge in [-0.1, -0.05) is 54.1 Å². The van der Waals surface area contributed by atoms with Crippen LogP contribution in [0.4, 0.5) is 0 Å². The van der Waals surface area contributed by atoms with Gasteiger partial charge in [-0.15, -0.1) is 0 Å². The molecule has 0 fully saturated rings. The van der Waals surface area contributed by atoms with E-state index in [0.717, 1.165) is 5.56 Å². The Hall–Kier alpha value is -2.74. The summed E-state index contributed by atoms with van der Waals surface area (Å²) in [6, 6.07) is 12.4. The summed E-state index contributed by atoms with van der Waals surface area (Å²) in [5, 5.41) is 0. The Morgan fingerprint density at radius 3 is 2.05 bits per heavy atom. The second kappa shape index (κ2) is 5.57. The van der Waals surface area contributed by atoms with E-state index in [1.54, 1.807) is 36.4 Å². The zero-order valence-corrected chi connectivity index (χ0v) is 12.6. The molecule has 0 amide bonds. The standard InChI is InChI=1S/C20H16O2/c1-13(2)6-5-7-14-10-11-17-18(12-14)20(22)16-9-4-3-8-15(16)19(17)21/h3-12H,1-2H3/b7-5-. The highest BCUT2D eigenvalue weighted by Crippen LogP contribution is 2.28. The van der Waals surface area contributed by atoms with Crippen molar-refractivity contribution < 1.29 is 9.59 Å². The van der Waals surface area contributed by atoms with Crippen LogP contribution in [0.15, 0.2) is 60.2 Å². The molecule has 1 aliphatic carbocycles. The minimum absolute atomic E-state index is 0.0787. The first-order valence-corrected chi connectivity index (χ1v) is 7.22. The lowest BCUT2D eigenvalue weighted by molar-refractivity contribution is 0.0979. The third-order valence-electron chi connectivity index (χ3n) is 3.67. The number of allylic oxidation sites excluding steroid dienone is 3. The van der Waals surface area contributed by atoms with Crippen molar-refractivity contribution in [3.05, 3.63) is 88.0 Å². The summed E-state index contributed by atoms with van der Waals surface area (Å²) < 4.78 is 0. The number of carbonyl (C=O) groups excluding carboxylic acids is 2. The average Bonchev–Trinajstić information content (AvgIpc) is 2.52. The van der Waals surface area contributed by atoms with Crippen LogP contribution in [0.5, 0.6) is 0 Å². The maximum absolute atomic E-state index is 12.6. The van der Waals surface area contributed by atoms with Crippen molar-refractivity contribution in [2.24, 2.45) is 0 Å². The maximum Gasteiger partial charge on any atom is 0.194 e. The monoisotopic (exact) mass is 288 g/mol. The molecule has 0 saturated heterocycles. The van der Waals surface area contributed by atoms with Gasteiger partial charge in [0.25, 0.3) is 0 Å². The first-order chi connectivity index (χ1) is 10.6. The second-order valence-electron chi connectivity index (χ2n) is 5.61. The number of fused-ring (bicyclic) bond motifs is 2. The summed E-state index contributed by atoms with van der Waals surface area (Å²) in [6.07, 6.45) is 5.88. The summed E-state index contributed by atoms with van der Waals surface area (Å²) in [6.45, 7) is 4.05. The number of rotatable bonds is 2. The Morgan fingerprint density at radius 2 is 1.41 bits per heavy atom. The van der Waals surface area contributed by atoms with Crippen LogP contribution in [-0.4, -0.2) is 11.6 Å². The van der Waals surface area contributed by atoms with Crippen LogP contribution in [0.3, 0.4) is 0 Å². The molecule has 108 valence electrons. The predicted molar refractivity (Wildman–Crippen MR) is 88.2 cm³/mol. The van der Waals surface area contributed by atoms with Crippen molar-refractivity contribution in [1.82, 2.24) is 0 Å².